The Labute approximate surface area is 257 Å². The molecule has 0 radical (unpaired) electrons. The van der Waals surface area contributed by atoms with Crippen molar-refractivity contribution in [1.29, 1.82) is 10.7 Å². The first-order valence-corrected chi connectivity index (χ1v) is 14.6. The molecule has 1 aromatic carbocycles. The molecule has 2 aromatic heterocycles. The smallest absolute Gasteiger partial charge is 0.265 e. The normalized spacial score (nSPS) is 13.3. The summed E-state index contributed by atoms with van der Waals surface area (Å²) in [6, 6.07) is 7.72. The number of amides is 1. The summed E-state index contributed by atoms with van der Waals surface area (Å²) in [5.41, 5.74) is 3.38. The summed E-state index contributed by atoms with van der Waals surface area (Å²) in [5, 5.41) is 26.0. The predicted octanol–water partition coefficient (Wildman–Crippen LogP) is 4.61. The molecule has 43 heavy (non-hydrogen) atoms. The summed E-state index contributed by atoms with van der Waals surface area (Å²) in [7, 11) is 1.65. The Morgan fingerprint density at radius 1 is 1.30 bits per heavy atom. The lowest BCUT2D eigenvalue weighted by molar-refractivity contribution is -0.121. The topological polar surface area (TPSA) is 149 Å². The number of rotatable bonds is 14. The van der Waals surface area contributed by atoms with Gasteiger partial charge in [0.15, 0.2) is 6.61 Å². The fourth-order valence-corrected chi connectivity index (χ4v) is 5.09. The Kier molecular flexibility index (Phi) is 11.0. The number of carbonyl (C=O) groups is 1. The third-order valence-corrected chi connectivity index (χ3v) is 7.16. The van der Waals surface area contributed by atoms with Crippen molar-refractivity contribution >= 4 is 35.2 Å². The number of ether oxygens (including phenoxy) is 2. The molecule has 0 aliphatic carbocycles. The molecule has 11 nitrogen and oxygen atoms in total. The van der Waals surface area contributed by atoms with Crippen LogP contribution in [0.4, 0.5) is 11.5 Å². The number of nitrogens with one attached hydrogen (secondary N) is 3. The molecular weight excluding hydrogens is 568 g/mol. The zero-order valence-electron chi connectivity index (χ0n) is 24.9. The van der Waals surface area contributed by atoms with Gasteiger partial charge in [0.1, 0.15) is 23.5 Å². The van der Waals surface area contributed by atoms with Gasteiger partial charge in [0.2, 0.25) is 0 Å². The zero-order valence-corrected chi connectivity index (χ0v) is 25.7. The molecule has 226 valence electrons. The number of nitrogens with zero attached hydrogens (tertiary/aromatic N) is 5. The number of anilines is 2. The van der Waals surface area contributed by atoms with E-state index in [1.165, 1.54) is 18.6 Å². The van der Waals surface area contributed by atoms with E-state index in [0.717, 1.165) is 19.5 Å². The number of pyridine rings is 1. The van der Waals surface area contributed by atoms with Crippen LogP contribution in [0.5, 0.6) is 5.75 Å². The van der Waals surface area contributed by atoms with Gasteiger partial charge in [0.25, 0.3) is 5.91 Å². The molecule has 1 aliphatic rings. The van der Waals surface area contributed by atoms with E-state index < -0.39 is 0 Å². The first-order chi connectivity index (χ1) is 20.8. The van der Waals surface area contributed by atoms with E-state index in [1.807, 2.05) is 6.07 Å². The maximum atomic E-state index is 12.8. The minimum absolute atomic E-state index is 0.0653. The molecule has 0 saturated heterocycles. The Morgan fingerprint density at radius 3 is 2.72 bits per heavy atom. The summed E-state index contributed by atoms with van der Waals surface area (Å²) in [6.07, 6.45) is 5.57. The number of fused-ring (bicyclic) bond motifs is 1. The van der Waals surface area contributed by atoms with Crippen LogP contribution in [-0.4, -0.2) is 66.5 Å². The Morgan fingerprint density at radius 2 is 2.07 bits per heavy atom. The molecule has 3 heterocycles. The Balaban J connectivity index is 1.80. The van der Waals surface area contributed by atoms with Gasteiger partial charge in [-0.3, -0.25) is 9.69 Å². The second-order valence-electron chi connectivity index (χ2n) is 10.6. The molecule has 0 saturated carbocycles. The molecule has 1 amide bonds. The monoisotopic (exact) mass is 604 g/mol. The third kappa shape index (κ3) is 7.65. The molecule has 3 N–H and O–H groups in total. The maximum Gasteiger partial charge on any atom is 0.265 e. The van der Waals surface area contributed by atoms with Crippen LogP contribution in [0, 0.1) is 22.7 Å². The van der Waals surface area contributed by atoms with Gasteiger partial charge in [0, 0.05) is 36.8 Å². The van der Waals surface area contributed by atoms with E-state index in [9.17, 15) is 10.1 Å². The van der Waals surface area contributed by atoms with Gasteiger partial charge in [-0.2, -0.15) is 5.26 Å². The van der Waals surface area contributed by atoms with E-state index in [4.69, 9.17) is 31.5 Å². The van der Waals surface area contributed by atoms with Crippen molar-refractivity contribution < 1.29 is 14.3 Å². The largest absolute Gasteiger partial charge is 0.482 e. The quantitative estimate of drug-likeness (QED) is 0.177. The second-order valence-corrected chi connectivity index (χ2v) is 11.1. The number of halogens is 1. The van der Waals surface area contributed by atoms with Gasteiger partial charge in [-0.25, -0.2) is 15.0 Å². The van der Waals surface area contributed by atoms with Crippen molar-refractivity contribution in [3.63, 3.8) is 0 Å². The van der Waals surface area contributed by atoms with Gasteiger partial charge in [-0.1, -0.05) is 38.4 Å². The highest BCUT2D eigenvalue weighted by Gasteiger charge is 2.29. The molecule has 1 atom stereocenters. The van der Waals surface area contributed by atoms with Crippen LogP contribution >= 0.6 is 11.6 Å². The lowest BCUT2D eigenvalue weighted by atomic mass is 9.91. The molecule has 0 bridgehead atoms. The van der Waals surface area contributed by atoms with E-state index in [2.05, 4.69) is 47.4 Å². The van der Waals surface area contributed by atoms with Gasteiger partial charge >= 0.3 is 0 Å². The van der Waals surface area contributed by atoms with Crippen LogP contribution in [0.3, 0.4) is 0 Å². The second kappa shape index (κ2) is 14.9. The summed E-state index contributed by atoms with van der Waals surface area (Å²) >= 11 is 5.93. The fraction of sp³-hybridized carbons (Fsp3) is 0.419. The standard InChI is InChI=1S/C31H37ClN8O3/c1-5-35-9-8-22(17-42-4)38-31-24(13-34)30(23(12-33)25(39-31)10-19(2)3)20-6-7-26-27(11-20)43-18-29(41)40(26)16-28-36-14-21(32)15-37-28/h6-7,11,13-15,19,22,34-35H,5,8-10,16-18H2,1-4H3,(H,38,39). The van der Waals surface area contributed by atoms with Crippen molar-refractivity contribution in [3.05, 3.63) is 58.3 Å². The summed E-state index contributed by atoms with van der Waals surface area (Å²) in [4.78, 5) is 27.7. The molecule has 3 aromatic rings. The van der Waals surface area contributed by atoms with Crippen LogP contribution in [0.1, 0.15) is 49.8 Å². The zero-order chi connectivity index (χ0) is 30.9. The van der Waals surface area contributed by atoms with Gasteiger partial charge in [-0.15, -0.1) is 0 Å². The highest BCUT2D eigenvalue weighted by molar-refractivity contribution is 6.30. The van der Waals surface area contributed by atoms with Crippen LogP contribution in [0.25, 0.3) is 11.1 Å². The minimum Gasteiger partial charge on any atom is -0.482 e. The van der Waals surface area contributed by atoms with Crippen molar-refractivity contribution in [2.75, 3.05) is 43.6 Å². The van der Waals surface area contributed by atoms with E-state index in [0.29, 0.717) is 69.1 Å². The number of aromatic nitrogens is 3. The molecule has 1 unspecified atom stereocenters. The average molecular weight is 605 g/mol. The number of carbonyl (C=O) groups excluding carboxylic acids is 1. The highest BCUT2D eigenvalue weighted by atomic mass is 35.5. The molecule has 0 spiro atoms. The first-order valence-electron chi connectivity index (χ1n) is 14.3. The fourth-order valence-electron chi connectivity index (χ4n) is 4.99. The number of methoxy groups -OCH3 is 1. The van der Waals surface area contributed by atoms with Crippen molar-refractivity contribution in [3.8, 4) is 22.9 Å². The summed E-state index contributed by atoms with van der Waals surface area (Å²) < 4.78 is 11.3. The lowest BCUT2D eigenvalue weighted by Crippen LogP contribution is -2.38. The third-order valence-electron chi connectivity index (χ3n) is 6.96. The SMILES string of the molecule is CCNCCC(COC)Nc1nc(CC(C)C)c(C#N)c(-c2ccc3c(c2)OCC(=O)N3Cc2ncc(Cl)cn2)c1C=N. The number of benzene rings is 1. The summed E-state index contributed by atoms with van der Waals surface area (Å²) in [5.74, 6) is 1.46. The van der Waals surface area contributed by atoms with Crippen LogP contribution in [-0.2, 0) is 22.5 Å². The average Bonchev–Trinajstić information content (AvgIpc) is 2.99. The van der Waals surface area contributed by atoms with Crippen LogP contribution < -0.4 is 20.3 Å². The predicted molar refractivity (Wildman–Crippen MR) is 167 cm³/mol. The highest BCUT2D eigenvalue weighted by Crippen LogP contribution is 2.40. The van der Waals surface area contributed by atoms with E-state index >= 15 is 0 Å². The van der Waals surface area contributed by atoms with Gasteiger partial charge < -0.3 is 25.5 Å². The molecular formula is C31H37ClN8O3. The number of hydrogen-bond acceptors (Lipinski definition) is 10. The molecule has 1 aliphatic heterocycles. The number of nitriles is 1. The Hall–Kier alpha value is -4.11. The first kappa shape index (κ1) is 31.8. The van der Waals surface area contributed by atoms with E-state index in [1.54, 1.807) is 24.1 Å². The molecule has 4 rings (SSSR count). The maximum absolute atomic E-state index is 12.8. The van der Waals surface area contributed by atoms with Crippen molar-refractivity contribution in [2.24, 2.45) is 5.92 Å². The van der Waals surface area contributed by atoms with Gasteiger partial charge in [0.05, 0.1) is 41.2 Å². The van der Waals surface area contributed by atoms with E-state index in [-0.39, 0.29) is 31.0 Å². The van der Waals surface area contributed by atoms with Crippen molar-refractivity contribution in [2.45, 2.75) is 46.2 Å². The minimum atomic E-state index is -0.229. The van der Waals surface area contributed by atoms with Crippen molar-refractivity contribution in [1.82, 2.24) is 20.3 Å². The lowest BCUT2D eigenvalue weighted by Gasteiger charge is -2.29. The van der Waals surface area contributed by atoms with Gasteiger partial charge in [-0.05, 0) is 49.5 Å². The van der Waals surface area contributed by atoms with Crippen LogP contribution in [0.2, 0.25) is 5.02 Å². The number of hydrogen-bond donors (Lipinski definition) is 3. The molecule has 12 heteroatoms. The molecule has 0 fully saturated rings. The Bertz CT molecular complexity index is 1490. The summed E-state index contributed by atoms with van der Waals surface area (Å²) in [6.45, 7) is 8.31. The van der Waals surface area contributed by atoms with Crippen LogP contribution in [0.15, 0.2) is 30.6 Å².